The number of aliphatic hydroxyl groups excluding tert-OH is 3. The van der Waals surface area contributed by atoms with Gasteiger partial charge < -0.3 is 35.8 Å². The van der Waals surface area contributed by atoms with Crippen LogP contribution in [0.15, 0.2) is 71.8 Å². The zero-order valence-electron chi connectivity index (χ0n) is 23.5. The van der Waals surface area contributed by atoms with E-state index in [0.717, 1.165) is 17.5 Å². The normalized spacial score (nSPS) is 11.0. The summed E-state index contributed by atoms with van der Waals surface area (Å²) in [5.41, 5.74) is 5.15. The summed E-state index contributed by atoms with van der Waals surface area (Å²) in [5, 5.41) is 27.8. The quantitative estimate of drug-likeness (QED) is 0.143. The third-order valence-corrected chi connectivity index (χ3v) is 7.22. The second-order valence-electron chi connectivity index (χ2n) is 9.07. The lowest BCUT2D eigenvalue weighted by Gasteiger charge is -2.20. The summed E-state index contributed by atoms with van der Waals surface area (Å²) in [6, 6.07) is 15.2. The predicted molar refractivity (Wildman–Crippen MR) is 154 cm³/mol. The number of carbonyl (C=O) groups excluding carboxylic acids is 3. The summed E-state index contributed by atoms with van der Waals surface area (Å²) in [6.07, 6.45) is 1.68. The molecule has 14 nitrogen and oxygen atoms in total. The molecule has 0 radical (unpaired) electrons. The summed E-state index contributed by atoms with van der Waals surface area (Å²) in [4.78, 5) is 39.7. The Kier molecular flexibility index (Phi) is 13.2. The van der Waals surface area contributed by atoms with Crippen LogP contribution in [0.25, 0.3) is 0 Å². The third-order valence-electron chi connectivity index (χ3n) is 5.88. The van der Waals surface area contributed by atoms with Crippen LogP contribution in [0.2, 0.25) is 0 Å². The van der Waals surface area contributed by atoms with Crippen molar-refractivity contribution in [2.75, 3.05) is 40.6 Å². The molecular weight excluding hydrogens is 584 g/mol. The Morgan fingerprint density at radius 2 is 1.44 bits per heavy atom. The van der Waals surface area contributed by atoms with Crippen LogP contribution in [0.1, 0.15) is 36.8 Å². The monoisotopic (exact) mass is 618 g/mol. The Bertz CT molecular complexity index is 1450. The number of ether oxygens (including phenoxy) is 2. The molecule has 232 valence electrons. The molecule has 0 saturated carbocycles. The van der Waals surface area contributed by atoms with Crippen molar-refractivity contribution < 1.29 is 47.6 Å². The van der Waals surface area contributed by atoms with Crippen LogP contribution in [-0.4, -0.2) is 92.6 Å². The molecule has 0 atom stereocenters. The lowest BCUT2D eigenvalue weighted by Crippen LogP contribution is -2.50. The maximum absolute atomic E-state index is 12.6. The van der Waals surface area contributed by atoms with Crippen LogP contribution in [0.3, 0.4) is 0 Å². The number of hydrogen-bond acceptors (Lipinski definition) is 12. The second-order valence-corrected chi connectivity index (χ2v) is 10.8. The van der Waals surface area contributed by atoms with E-state index in [4.69, 9.17) is 25.8 Å². The lowest BCUT2D eigenvalue weighted by molar-refractivity contribution is 0.0593. The van der Waals surface area contributed by atoms with Gasteiger partial charge in [0.05, 0.1) is 50.0 Å². The van der Waals surface area contributed by atoms with E-state index >= 15 is 0 Å². The topological polar surface area (TPSA) is 227 Å². The molecule has 43 heavy (non-hydrogen) atoms. The number of rotatable bonds is 12. The highest BCUT2D eigenvalue weighted by atomic mass is 32.2. The molecule has 0 bridgehead atoms. The smallest absolute Gasteiger partial charge is 0.356 e. The van der Waals surface area contributed by atoms with E-state index in [-0.39, 0.29) is 27.6 Å². The summed E-state index contributed by atoms with van der Waals surface area (Å²) in [5.74, 6) is -1.22. The molecule has 3 aromatic rings. The number of nitrogens with two attached hydrogens (primary N) is 1. The van der Waals surface area contributed by atoms with Crippen LogP contribution in [0, 0.1) is 0 Å². The van der Waals surface area contributed by atoms with Crippen molar-refractivity contribution >= 4 is 27.8 Å². The number of aromatic nitrogens is 1. The molecule has 1 heterocycles. The van der Waals surface area contributed by atoms with Crippen LogP contribution in [-0.2, 0) is 21.2 Å². The van der Waals surface area contributed by atoms with Gasteiger partial charge in [-0.3, -0.25) is 9.59 Å². The number of pyridine rings is 1. The SMILES string of the molecule is COC(=O)c1ccc(C(=O)NS(=O)(=O)c2ccc(C(=O)NCCc3ccc(OC)cc3)cc2)cn1.NC(CO)(CO)CO. The zero-order chi connectivity index (χ0) is 32.0. The van der Waals surface area contributed by atoms with Gasteiger partial charge in [0.15, 0.2) is 0 Å². The van der Waals surface area contributed by atoms with Crippen molar-refractivity contribution in [1.29, 1.82) is 0 Å². The van der Waals surface area contributed by atoms with E-state index in [0.29, 0.717) is 13.0 Å². The van der Waals surface area contributed by atoms with Gasteiger partial charge in [0, 0.05) is 18.3 Å². The number of nitrogens with one attached hydrogen (secondary N) is 2. The molecule has 0 saturated heterocycles. The van der Waals surface area contributed by atoms with Gasteiger partial charge in [0.1, 0.15) is 11.4 Å². The number of amides is 2. The van der Waals surface area contributed by atoms with Crippen molar-refractivity contribution in [3.63, 3.8) is 0 Å². The standard InChI is InChI=1S/C24H23N3O7S.C4H11NO3/c1-33-19-8-3-16(4-9-19)13-14-25-22(28)17-5-10-20(11-6-17)35(31,32)27-23(29)18-7-12-21(26-15-18)24(30)34-2;5-4(1-6,2-7)3-8/h3-12,15H,13-14H2,1-2H3,(H,25,28)(H,27,29);6-8H,1-3,5H2. The Morgan fingerprint density at radius 3 is 1.91 bits per heavy atom. The fourth-order valence-electron chi connectivity index (χ4n) is 3.14. The molecular formula is C28H34N4O10S. The van der Waals surface area contributed by atoms with Gasteiger partial charge >= 0.3 is 5.97 Å². The average Bonchev–Trinajstić information content (AvgIpc) is 3.04. The largest absolute Gasteiger partial charge is 0.497 e. The molecule has 15 heteroatoms. The van der Waals surface area contributed by atoms with Crippen LogP contribution in [0.4, 0.5) is 0 Å². The van der Waals surface area contributed by atoms with E-state index < -0.39 is 47.3 Å². The third kappa shape index (κ3) is 10.4. The summed E-state index contributed by atoms with van der Waals surface area (Å²) < 4.78 is 36.7. The molecule has 0 unspecified atom stereocenters. The number of esters is 1. The maximum atomic E-state index is 12.6. The van der Waals surface area contributed by atoms with Crippen molar-refractivity contribution in [2.45, 2.75) is 16.9 Å². The van der Waals surface area contributed by atoms with Crippen molar-refractivity contribution in [2.24, 2.45) is 5.73 Å². The van der Waals surface area contributed by atoms with E-state index in [1.807, 2.05) is 29.0 Å². The summed E-state index contributed by atoms with van der Waals surface area (Å²) in [6.45, 7) is -0.815. The first-order chi connectivity index (χ1) is 20.4. The van der Waals surface area contributed by atoms with Crippen LogP contribution >= 0.6 is 0 Å². The average molecular weight is 619 g/mol. The molecule has 0 aliphatic heterocycles. The first-order valence-corrected chi connectivity index (χ1v) is 14.1. The minimum atomic E-state index is -4.20. The van der Waals surface area contributed by atoms with E-state index in [1.54, 1.807) is 7.11 Å². The van der Waals surface area contributed by atoms with Crippen molar-refractivity contribution in [3.05, 3.63) is 89.2 Å². The summed E-state index contributed by atoms with van der Waals surface area (Å²) in [7, 11) is -1.42. The van der Waals surface area contributed by atoms with Gasteiger partial charge in [-0.15, -0.1) is 0 Å². The number of benzene rings is 2. The Balaban J connectivity index is 0.000000708. The fraction of sp³-hybridized carbons (Fsp3) is 0.286. The molecule has 7 N–H and O–H groups in total. The van der Waals surface area contributed by atoms with Gasteiger partial charge in [-0.25, -0.2) is 22.9 Å². The number of nitrogens with zero attached hydrogens (tertiary/aromatic N) is 1. The van der Waals surface area contributed by atoms with Crippen LogP contribution in [0.5, 0.6) is 5.75 Å². The molecule has 1 aromatic heterocycles. The lowest BCUT2D eigenvalue weighted by atomic mass is 10.1. The maximum Gasteiger partial charge on any atom is 0.356 e. The van der Waals surface area contributed by atoms with E-state index in [2.05, 4.69) is 15.0 Å². The van der Waals surface area contributed by atoms with Crippen LogP contribution < -0.4 is 20.5 Å². The molecule has 0 spiro atoms. The highest BCUT2D eigenvalue weighted by molar-refractivity contribution is 7.90. The fourth-order valence-corrected chi connectivity index (χ4v) is 4.12. The first kappa shape index (κ1) is 34.8. The van der Waals surface area contributed by atoms with E-state index in [1.165, 1.54) is 43.5 Å². The van der Waals surface area contributed by atoms with E-state index in [9.17, 15) is 22.8 Å². The number of aliphatic hydroxyl groups is 3. The van der Waals surface area contributed by atoms with Crippen molar-refractivity contribution in [3.8, 4) is 5.75 Å². The van der Waals surface area contributed by atoms with Gasteiger partial charge in [-0.05, 0) is 60.5 Å². The van der Waals surface area contributed by atoms with Gasteiger partial charge in [-0.2, -0.15) is 0 Å². The number of methoxy groups -OCH3 is 2. The number of sulfonamides is 1. The number of carbonyl (C=O) groups is 3. The Morgan fingerprint density at radius 1 is 0.860 bits per heavy atom. The van der Waals surface area contributed by atoms with Crippen molar-refractivity contribution in [1.82, 2.24) is 15.0 Å². The summed E-state index contributed by atoms with van der Waals surface area (Å²) >= 11 is 0. The highest BCUT2D eigenvalue weighted by Gasteiger charge is 2.21. The predicted octanol–water partition coefficient (Wildman–Crippen LogP) is -0.371. The molecule has 0 fully saturated rings. The van der Waals surface area contributed by atoms with Gasteiger partial charge in [0.2, 0.25) is 0 Å². The zero-order valence-corrected chi connectivity index (χ0v) is 24.3. The molecule has 0 aliphatic carbocycles. The van der Waals surface area contributed by atoms with Gasteiger partial charge in [-0.1, -0.05) is 12.1 Å². The number of hydrogen-bond donors (Lipinski definition) is 6. The second kappa shape index (κ2) is 16.3. The molecule has 0 aliphatic rings. The molecule has 2 amide bonds. The minimum absolute atomic E-state index is 0.0234. The Hall–Kier alpha value is -4.41. The van der Waals surface area contributed by atoms with Gasteiger partial charge in [0.25, 0.3) is 21.8 Å². The highest BCUT2D eigenvalue weighted by Crippen LogP contribution is 2.13. The molecule has 3 rings (SSSR count). The Labute approximate surface area is 248 Å². The minimum Gasteiger partial charge on any atom is -0.497 e. The first-order valence-electron chi connectivity index (χ1n) is 12.7. The molecule has 2 aromatic carbocycles.